The number of benzene rings is 3. The van der Waals surface area contributed by atoms with Crippen LogP contribution in [0.15, 0.2) is 73.8 Å². The second kappa shape index (κ2) is 7.13. The van der Waals surface area contributed by atoms with Crippen LogP contribution in [-0.4, -0.2) is 26.3 Å². The van der Waals surface area contributed by atoms with Gasteiger partial charge in [0.1, 0.15) is 0 Å². The Hall–Kier alpha value is -1.56. The molecule has 0 atom stereocenters. The van der Waals surface area contributed by atoms with Crippen LogP contribution in [-0.2, 0) is 0 Å². The van der Waals surface area contributed by atoms with E-state index < -0.39 is 0 Å². The monoisotopic (exact) mass is 416 g/mol. The molecule has 0 nitrogen and oxygen atoms in total. The van der Waals surface area contributed by atoms with Gasteiger partial charge in [-0.15, -0.1) is 0 Å². The Morgan fingerprint density at radius 2 is 1.36 bits per heavy atom. The van der Waals surface area contributed by atoms with Crippen molar-refractivity contribution in [3.8, 4) is 0 Å². The fourth-order valence-electron chi connectivity index (χ4n) is 2.39. The van der Waals surface area contributed by atoms with E-state index in [1.54, 1.807) is 0 Å². The summed E-state index contributed by atoms with van der Waals surface area (Å²) in [6.07, 6.45) is 3.88. The summed E-state index contributed by atoms with van der Waals surface area (Å²) in [6.45, 7) is 7.88. The maximum atomic E-state index is 3.97. The van der Waals surface area contributed by atoms with Gasteiger partial charge in [-0.25, -0.2) is 0 Å². The summed E-state index contributed by atoms with van der Waals surface area (Å²) in [5, 5.41) is 2.73. The summed E-state index contributed by atoms with van der Waals surface area (Å²) < 4.78 is 2.91. The van der Waals surface area contributed by atoms with E-state index in [-0.39, 0.29) is 0 Å². The van der Waals surface area contributed by atoms with Crippen LogP contribution >= 0.6 is 0 Å². The first-order chi connectivity index (χ1) is 10.8. The van der Waals surface area contributed by atoms with Crippen LogP contribution < -0.4 is 8.92 Å². The Labute approximate surface area is 142 Å². The molecule has 0 radical (unpaired) electrons. The molecule has 0 saturated carbocycles. The van der Waals surface area contributed by atoms with Crippen LogP contribution in [0.1, 0.15) is 11.1 Å². The number of fused-ring (bicyclic) bond motifs is 1. The molecule has 0 amide bonds. The molecule has 22 heavy (non-hydrogen) atoms. The molecule has 2 heteroatoms. The normalized spacial score (nSPS) is 10.5. The van der Waals surface area contributed by atoms with Gasteiger partial charge in [-0.05, 0) is 0 Å². The maximum absolute atomic E-state index is 3.97. The van der Waals surface area contributed by atoms with Gasteiger partial charge in [0, 0.05) is 0 Å². The molecule has 3 aromatic carbocycles. The van der Waals surface area contributed by atoms with Crippen molar-refractivity contribution >= 4 is 58.1 Å². The molecule has 0 saturated heterocycles. The molecule has 0 aliphatic rings. The van der Waals surface area contributed by atoms with Crippen molar-refractivity contribution in [2.24, 2.45) is 0 Å². The van der Waals surface area contributed by atoms with Crippen LogP contribution in [0.3, 0.4) is 0 Å². The third-order valence-corrected chi connectivity index (χ3v) is 10.7. The molecule has 0 unspecified atom stereocenters. The van der Waals surface area contributed by atoms with Gasteiger partial charge in [-0.1, -0.05) is 0 Å². The van der Waals surface area contributed by atoms with Crippen LogP contribution in [0.25, 0.3) is 22.9 Å². The molecule has 0 spiro atoms. The molecule has 108 valence electrons. The van der Waals surface area contributed by atoms with Gasteiger partial charge in [0.25, 0.3) is 0 Å². The molecule has 3 aromatic rings. The summed E-state index contributed by atoms with van der Waals surface area (Å²) >= 11 is 0.908. The van der Waals surface area contributed by atoms with Crippen LogP contribution in [0.2, 0.25) is 0 Å². The molecule has 0 aliphatic heterocycles. The first-order valence-electron chi connectivity index (χ1n) is 7.03. The predicted octanol–water partition coefficient (Wildman–Crippen LogP) is 3.40. The minimum atomic E-state index is 0.444. The summed E-state index contributed by atoms with van der Waals surface area (Å²) in [4.78, 5) is 0. The van der Waals surface area contributed by atoms with Gasteiger partial charge in [0.05, 0.1) is 0 Å². The third-order valence-electron chi connectivity index (χ3n) is 3.49. The quantitative estimate of drug-likeness (QED) is 0.562. The molecule has 0 aromatic heterocycles. The molecule has 3 rings (SSSR count). The average Bonchev–Trinajstić information content (AvgIpc) is 2.59. The SMILES string of the molecule is C=Cc1cccc([Se][Se]c2cccc3ccccc23)c1C=C. The second-order valence-corrected chi connectivity index (χ2v) is 11.0. The van der Waals surface area contributed by atoms with E-state index in [1.807, 2.05) is 12.2 Å². The van der Waals surface area contributed by atoms with Gasteiger partial charge in [0.2, 0.25) is 0 Å². The summed E-state index contributed by atoms with van der Waals surface area (Å²) in [5.41, 5.74) is 2.43. The van der Waals surface area contributed by atoms with E-state index in [2.05, 4.69) is 73.8 Å². The fourth-order valence-corrected chi connectivity index (χ4v) is 9.64. The first kappa shape index (κ1) is 15.3. The minimum absolute atomic E-state index is 0.444. The molecule has 0 aliphatic carbocycles. The van der Waals surface area contributed by atoms with Crippen molar-refractivity contribution in [3.63, 3.8) is 0 Å². The Morgan fingerprint density at radius 3 is 2.18 bits per heavy atom. The van der Waals surface area contributed by atoms with E-state index in [1.165, 1.54) is 30.8 Å². The Morgan fingerprint density at radius 1 is 0.682 bits per heavy atom. The van der Waals surface area contributed by atoms with E-state index >= 15 is 0 Å². The topological polar surface area (TPSA) is 0 Å². The fraction of sp³-hybridized carbons (Fsp3) is 0. The summed E-state index contributed by atoms with van der Waals surface area (Å²) in [6, 6.07) is 21.8. The van der Waals surface area contributed by atoms with Crippen molar-refractivity contribution < 1.29 is 0 Å². The van der Waals surface area contributed by atoms with Crippen LogP contribution in [0.5, 0.6) is 0 Å². The van der Waals surface area contributed by atoms with E-state index in [9.17, 15) is 0 Å². The van der Waals surface area contributed by atoms with E-state index in [0.29, 0.717) is 26.3 Å². The number of rotatable bonds is 5. The van der Waals surface area contributed by atoms with Gasteiger partial charge in [-0.3, -0.25) is 0 Å². The van der Waals surface area contributed by atoms with Gasteiger partial charge < -0.3 is 0 Å². The van der Waals surface area contributed by atoms with Gasteiger partial charge >= 0.3 is 143 Å². The zero-order valence-electron chi connectivity index (χ0n) is 12.2. The van der Waals surface area contributed by atoms with E-state index in [4.69, 9.17) is 0 Å². The zero-order valence-corrected chi connectivity index (χ0v) is 15.6. The Bertz CT molecular complexity index is 829. The summed E-state index contributed by atoms with van der Waals surface area (Å²) in [7, 11) is 0. The summed E-state index contributed by atoms with van der Waals surface area (Å²) in [5.74, 6) is 0. The van der Waals surface area contributed by atoms with Crippen LogP contribution in [0, 0.1) is 0 Å². The van der Waals surface area contributed by atoms with Crippen molar-refractivity contribution in [2.45, 2.75) is 0 Å². The molecule has 0 fully saturated rings. The van der Waals surface area contributed by atoms with Crippen molar-refractivity contribution in [3.05, 3.63) is 84.9 Å². The molecule has 0 bridgehead atoms. The average molecular weight is 414 g/mol. The Balaban J connectivity index is 1.92. The molecular weight excluding hydrogens is 398 g/mol. The van der Waals surface area contributed by atoms with E-state index in [0.717, 1.165) is 0 Å². The predicted molar refractivity (Wildman–Crippen MR) is 101 cm³/mol. The first-order valence-corrected chi connectivity index (χ1v) is 13.1. The van der Waals surface area contributed by atoms with Crippen LogP contribution in [0.4, 0.5) is 0 Å². The van der Waals surface area contributed by atoms with Crippen molar-refractivity contribution in [1.82, 2.24) is 0 Å². The number of hydrogen-bond acceptors (Lipinski definition) is 0. The van der Waals surface area contributed by atoms with Gasteiger partial charge in [0.15, 0.2) is 0 Å². The molecular formula is C20H16Se2. The Kier molecular flexibility index (Phi) is 4.97. The number of hydrogen-bond donors (Lipinski definition) is 0. The van der Waals surface area contributed by atoms with Gasteiger partial charge in [-0.2, -0.15) is 0 Å². The molecule has 0 heterocycles. The van der Waals surface area contributed by atoms with Crippen molar-refractivity contribution in [1.29, 1.82) is 0 Å². The third kappa shape index (κ3) is 3.11. The second-order valence-electron chi connectivity index (χ2n) is 4.81. The van der Waals surface area contributed by atoms with Crippen molar-refractivity contribution in [2.75, 3.05) is 0 Å². The standard InChI is InChI=1S/C20H16Se2/c1-3-15-10-7-13-19(17(15)4-2)21-22-20-14-8-11-16-9-5-6-12-18(16)20/h3-14H,1-2H2. The molecule has 0 N–H and O–H groups in total. The zero-order chi connectivity index (χ0) is 15.4.